The number of amides is 5. The van der Waals surface area contributed by atoms with Crippen LogP contribution < -0.4 is 10.6 Å². The van der Waals surface area contributed by atoms with Crippen molar-refractivity contribution in [2.75, 3.05) is 94.2 Å². The quantitative estimate of drug-likeness (QED) is 0.0835. The maximum absolute atomic E-state index is 14.7. The van der Waals surface area contributed by atoms with Gasteiger partial charge in [-0.2, -0.15) is 0 Å². The van der Waals surface area contributed by atoms with Crippen molar-refractivity contribution in [3.8, 4) is 0 Å². The summed E-state index contributed by atoms with van der Waals surface area (Å²) in [7, 11) is 6.65. The molecule has 1 aromatic rings. The number of carbonyl (C=O) groups excluding carboxylic acids is 5. The van der Waals surface area contributed by atoms with Crippen LogP contribution in [0.5, 0.6) is 0 Å². The van der Waals surface area contributed by atoms with E-state index in [9.17, 15) is 28.8 Å². The second-order valence-corrected chi connectivity index (χ2v) is 20.1. The Morgan fingerprint density at radius 1 is 0.778 bits per heavy atom. The maximum Gasteiger partial charge on any atom is 0.305 e. The molecule has 2 heterocycles. The molecule has 1 aromatic carbocycles. The lowest BCUT2D eigenvalue weighted by molar-refractivity contribution is -0.200. The van der Waals surface area contributed by atoms with Crippen LogP contribution in [0.3, 0.4) is 0 Å². The van der Waals surface area contributed by atoms with Crippen molar-refractivity contribution in [1.82, 2.24) is 30.4 Å². The summed E-state index contributed by atoms with van der Waals surface area (Å²) < 4.78 is 28.7. The minimum Gasteiger partial charge on any atom is -0.481 e. The Balaban J connectivity index is 1.70. The topological polar surface area (TPSA) is 215 Å². The van der Waals surface area contributed by atoms with E-state index >= 15 is 0 Å². The molecular formula is C53H90N6O13. The first-order valence-corrected chi connectivity index (χ1v) is 26.2. The monoisotopic (exact) mass is 1020 g/mol. The summed E-state index contributed by atoms with van der Waals surface area (Å²) in [4.78, 5) is 93.2. The Hall–Kier alpha value is -4.24. The fourth-order valence-corrected chi connectivity index (χ4v) is 9.90. The third-order valence-corrected chi connectivity index (χ3v) is 14.3. The van der Waals surface area contributed by atoms with Gasteiger partial charge in [-0.05, 0) is 56.0 Å². The number of carboxylic acid groups (broad SMARTS) is 1. The normalized spacial score (nSPS) is 19.0. The number of rotatable bonds is 33. The predicted molar refractivity (Wildman–Crippen MR) is 273 cm³/mol. The Morgan fingerprint density at radius 3 is 1.96 bits per heavy atom. The molecule has 2 aliphatic heterocycles. The van der Waals surface area contributed by atoms with E-state index in [4.69, 9.17) is 33.6 Å². The van der Waals surface area contributed by atoms with Crippen LogP contribution in [0.1, 0.15) is 112 Å². The molecule has 2 saturated heterocycles. The van der Waals surface area contributed by atoms with E-state index in [1.165, 1.54) is 5.06 Å². The van der Waals surface area contributed by atoms with Gasteiger partial charge in [0.05, 0.1) is 95.3 Å². The minimum absolute atomic E-state index is 0.0340. The van der Waals surface area contributed by atoms with Crippen molar-refractivity contribution in [3.63, 3.8) is 0 Å². The minimum atomic E-state index is -0.914. The number of carbonyl (C=O) groups is 6. The van der Waals surface area contributed by atoms with Crippen LogP contribution in [0, 0.1) is 23.7 Å². The van der Waals surface area contributed by atoms with Crippen molar-refractivity contribution < 1.29 is 62.4 Å². The van der Waals surface area contributed by atoms with Crippen LogP contribution in [-0.4, -0.2) is 197 Å². The van der Waals surface area contributed by atoms with Gasteiger partial charge in [0.15, 0.2) is 0 Å². The summed E-state index contributed by atoms with van der Waals surface area (Å²) in [6.45, 7) is 19.0. The van der Waals surface area contributed by atoms with Crippen molar-refractivity contribution in [2.24, 2.45) is 23.7 Å². The molecule has 0 saturated carbocycles. The van der Waals surface area contributed by atoms with E-state index in [0.29, 0.717) is 78.5 Å². The zero-order valence-corrected chi connectivity index (χ0v) is 45.5. The highest BCUT2D eigenvalue weighted by Gasteiger charge is 2.44. The number of nitrogens with zero attached hydrogens (tertiary/aromatic N) is 4. The molecule has 2 fully saturated rings. The fourth-order valence-electron chi connectivity index (χ4n) is 9.90. The van der Waals surface area contributed by atoms with Crippen LogP contribution in [0.4, 0.5) is 0 Å². The molecule has 0 unspecified atom stereocenters. The number of benzene rings is 1. The molecule has 0 radical (unpaired) electrons. The van der Waals surface area contributed by atoms with Crippen molar-refractivity contribution >= 4 is 35.5 Å². The van der Waals surface area contributed by atoms with Gasteiger partial charge in [0.1, 0.15) is 12.1 Å². The van der Waals surface area contributed by atoms with Gasteiger partial charge in [-0.1, -0.05) is 92.1 Å². The van der Waals surface area contributed by atoms with Crippen LogP contribution in [0.2, 0.25) is 0 Å². The first kappa shape index (κ1) is 62.1. The van der Waals surface area contributed by atoms with E-state index in [-0.39, 0.29) is 72.7 Å². The van der Waals surface area contributed by atoms with Crippen molar-refractivity contribution in [2.45, 2.75) is 149 Å². The molecule has 19 nitrogen and oxygen atoms in total. The van der Waals surface area contributed by atoms with E-state index in [1.54, 1.807) is 38.0 Å². The third-order valence-electron chi connectivity index (χ3n) is 14.3. The molecule has 3 N–H and O–H groups in total. The zero-order valence-electron chi connectivity index (χ0n) is 45.5. The lowest BCUT2D eigenvalue weighted by Crippen LogP contribution is -2.60. The number of methoxy groups -OCH3 is 2. The van der Waals surface area contributed by atoms with E-state index in [0.717, 1.165) is 18.4 Å². The number of hydrogen-bond donors (Lipinski definition) is 3. The summed E-state index contributed by atoms with van der Waals surface area (Å²) in [5, 5.41) is 16.2. The highest BCUT2D eigenvalue weighted by molar-refractivity contribution is 5.91. The van der Waals surface area contributed by atoms with Crippen LogP contribution in [0.25, 0.3) is 0 Å². The average Bonchev–Trinajstić information content (AvgIpc) is 3.85. The standard InChI is InChI=1S/C53H90N6O13/c1-13-37(6)48(57(10)52(65)45(35(2)3)54-51(64)47(36(4)5)56(9)26-29-70-31-33-71-32-30-69-28-23-44(61)62)42(67-11)34-43(60)58-24-19-22-41(58)49(68-12)39(8)50(63)55-46(38(7)40-20-15-14-16-21-40)53(66)59-25-17-18-27-72-59/h14-16,20-21,35-39,41-42,45-49H,13,17-19,22-34H2,1-12H3,(H,54,64)(H,55,63)(H,61,62)/t37-,38-,39+,41-,42+,45-,46-,47-,48-,49+/m0/s1. The van der Waals surface area contributed by atoms with Gasteiger partial charge in [0, 0.05) is 46.8 Å². The number of likely N-dealkylation sites (N-methyl/N-ethyl adjacent to an activating group) is 2. The highest BCUT2D eigenvalue weighted by atomic mass is 16.7. The molecule has 0 aromatic heterocycles. The maximum atomic E-state index is 14.7. The van der Waals surface area contributed by atoms with E-state index < -0.39 is 54.3 Å². The SMILES string of the molecule is CC[C@H](C)[C@@H]([C@@H](CC(=O)N1CCC[C@H]1[C@H](OC)[C@@H](C)C(=O)N[C@H](C(=O)N1CCCCO1)[C@@H](C)c1ccccc1)OC)N(C)C(=O)[C@@H](NC(=O)[C@H](C(C)C)N(C)CCOCCOCCOCCC(=O)O)C(C)C. The summed E-state index contributed by atoms with van der Waals surface area (Å²) in [6, 6.07) is 6.29. The number of hydrogen-bond acceptors (Lipinski definition) is 13. The first-order valence-electron chi connectivity index (χ1n) is 26.2. The van der Waals surface area contributed by atoms with Gasteiger partial charge in [-0.3, -0.25) is 38.5 Å². The Labute approximate surface area is 429 Å². The number of nitrogens with one attached hydrogen (secondary N) is 2. The van der Waals surface area contributed by atoms with E-state index in [2.05, 4.69) is 10.6 Å². The molecule has 10 atom stereocenters. The Kier molecular flexibility index (Phi) is 27.7. The fraction of sp³-hybridized carbons (Fsp3) is 0.774. The van der Waals surface area contributed by atoms with Crippen LogP contribution in [-0.2, 0) is 57.3 Å². The molecule has 3 rings (SSSR count). The van der Waals surface area contributed by atoms with Crippen LogP contribution in [0.15, 0.2) is 30.3 Å². The van der Waals surface area contributed by atoms with Gasteiger partial charge in [-0.25, -0.2) is 5.06 Å². The first-order chi connectivity index (χ1) is 34.3. The predicted octanol–water partition coefficient (Wildman–Crippen LogP) is 4.37. The van der Waals surface area contributed by atoms with Crippen molar-refractivity contribution in [3.05, 3.63) is 35.9 Å². The molecular weight excluding hydrogens is 929 g/mol. The molecule has 0 spiro atoms. The molecule has 2 aliphatic rings. The van der Waals surface area contributed by atoms with Crippen molar-refractivity contribution in [1.29, 1.82) is 0 Å². The number of ether oxygens (including phenoxy) is 5. The number of hydroxylamine groups is 2. The summed E-state index contributed by atoms with van der Waals surface area (Å²) in [5.74, 6) is -3.90. The van der Waals surface area contributed by atoms with Gasteiger partial charge >= 0.3 is 5.97 Å². The van der Waals surface area contributed by atoms with Gasteiger partial charge < -0.3 is 49.2 Å². The molecule has 0 aliphatic carbocycles. The van der Waals surface area contributed by atoms with Gasteiger partial charge in [0.25, 0.3) is 5.91 Å². The van der Waals surface area contributed by atoms with Crippen LogP contribution >= 0.6 is 0 Å². The lowest BCUT2D eigenvalue weighted by atomic mass is 9.89. The molecule has 72 heavy (non-hydrogen) atoms. The second-order valence-electron chi connectivity index (χ2n) is 20.1. The largest absolute Gasteiger partial charge is 0.481 e. The zero-order chi connectivity index (χ0) is 53.5. The smallest absolute Gasteiger partial charge is 0.305 e. The van der Waals surface area contributed by atoms with Gasteiger partial charge in [-0.15, -0.1) is 0 Å². The second kappa shape index (κ2) is 32.2. The van der Waals surface area contributed by atoms with Gasteiger partial charge in [0.2, 0.25) is 23.6 Å². The molecule has 410 valence electrons. The Morgan fingerprint density at radius 2 is 1.40 bits per heavy atom. The van der Waals surface area contributed by atoms with E-state index in [1.807, 2.05) is 90.7 Å². The number of aliphatic carboxylic acids is 1. The third kappa shape index (κ3) is 18.6. The highest BCUT2D eigenvalue weighted by Crippen LogP contribution is 2.31. The molecule has 19 heteroatoms. The average molecular weight is 1020 g/mol. The number of likely N-dealkylation sites (tertiary alicyclic amines) is 1. The lowest BCUT2D eigenvalue weighted by Gasteiger charge is -2.41. The Bertz CT molecular complexity index is 1800. The number of carboxylic acids is 1. The molecule has 0 bridgehead atoms. The summed E-state index contributed by atoms with van der Waals surface area (Å²) >= 11 is 0. The molecule has 5 amide bonds. The summed E-state index contributed by atoms with van der Waals surface area (Å²) in [6.07, 6.45) is 2.18. The summed E-state index contributed by atoms with van der Waals surface area (Å²) in [5.41, 5.74) is 0.899.